The van der Waals surface area contributed by atoms with Gasteiger partial charge in [-0.15, -0.1) is 0 Å². The molecule has 0 saturated heterocycles. The van der Waals surface area contributed by atoms with Crippen LogP contribution < -0.4 is 0 Å². The SMILES string of the molecule is c1ccc(-c2cc(-c3ccccc3)nc(-c3cc(-c4ccc(-c5ccccn5)cc4)cc(-c4ccc(-c5ccncn5)cc4)c3)n2)cc1. The second-order valence-electron chi connectivity index (χ2n) is 11.5. The minimum Gasteiger partial charge on any atom is -0.256 e. The summed E-state index contributed by atoms with van der Waals surface area (Å²) in [6.45, 7) is 0. The lowest BCUT2D eigenvalue weighted by Gasteiger charge is -2.13. The predicted molar refractivity (Wildman–Crippen MR) is 193 cm³/mol. The Labute approximate surface area is 279 Å². The van der Waals surface area contributed by atoms with Gasteiger partial charge in [0.15, 0.2) is 5.82 Å². The molecule has 0 unspecified atom stereocenters. The number of nitrogens with zero attached hydrogens (tertiary/aromatic N) is 5. The van der Waals surface area contributed by atoms with E-state index in [1.165, 1.54) is 0 Å². The number of aromatic nitrogens is 5. The molecule has 0 saturated carbocycles. The predicted octanol–water partition coefficient (Wildman–Crippen LogP) is 10.3. The van der Waals surface area contributed by atoms with Gasteiger partial charge in [-0.05, 0) is 64.7 Å². The molecule has 3 heterocycles. The van der Waals surface area contributed by atoms with Crippen LogP contribution in [0.4, 0.5) is 0 Å². The summed E-state index contributed by atoms with van der Waals surface area (Å²) >= 11 is 0. The van der Waals surface area contributed by atoms with Crippen LogP contribution in [-0.4, -0.2) is 24.9 Å². The second kappa shape index (κ2) is 13.0. The van der Waals surface area contributed by atoms with E-state index in [1.54, 1.807) is 12.5 Å². The normalized spacial score (nSPS) is 10.9. The summed E-state index contributed by atoms with van der Waals surface area (Å²) in [5.41, 5.74) is 13.0. The van der Waals surface area contributed by atoms with Crippen molar-refractivity contribution in [3.05, 3.63) is 176 Å². The third-order valence-electron chi connectivity index (χ3n) is 8.33. The van der Waals surface area contributed by atoms with Crippen LogP contribution in [-0.2, 0) is 0 Å². The van der Waals surface area contributed by atoms with Crippen LogP contribution in [0.25, 0.3) is 78.7 Å². The monoisotopic (exact) mass is 615 g/mol. The Kier molecular flexibility index (Phi) is 7.83. The number of rotatable bonds is 7. The zero-order valence-electron chi connectivity index (χ0n) is 26.0. The minimum absolute atomic E-state index is 0.668. The van der Waals surface area contributed by atoms with Crippen molar-refractivity contribution in [2.45, 2.75) is 0 Å². The second-order valence-corrected chi connectivity index (χ2v) is 11.5. The highest BCUT2D eigenvalue weighted by Crippen LogP contribution is 2.35. The van der Waals surface area contributed by atoms with Crippen molar-refractivity contribution >= 4 is 0 Å². The molecule has 0 fully saturated rings. The average molecular weight is 616 g/mol. The molecule has 0 amide bonds. The van der Waals surface area contributed by atoms with Crippen molar-refractivity contribution in [3.8, 4) is 78.7 Å². The van der Waals surface area contributed by atoms with Gasteiger partial charge in [0, 0.05) is 40.2 Å². The summed E-state index contributed by atoms with van der Waals surface area (Å²) in [5, 5.41) is 0. The third kappa shape index (κ3) is 6.13. The maximum absolute atomic E-state index is 5.14. The van der Waals surface area contributed by atoms with Gasteiger partial charge in [-0.25, -0.2) is 19.9 Å². The summed E-state index contributed by atoms with van der Waals surface area (Å²) in [5.74, 6) is 0.668. The molecule has 8 rings (SSSR count). The Hall–Kier alpha value is -6.59. The lowest BCUT2D eigenvalue weighted by atomic mass is 9.94. The highest BCUT2D eigenvalue weighted by atomic mass is 14.9. The summed E-state index contributed by atoms with van der Waals surface area (Å²) in [7, 11) is 0. The van der Waals surface area contributed by atoms with Gasteiger partial charge in [0.05, 0.1) is 22.8 Å². The number of hydrogen-bond acceptors (Lipinski definition) is 5. The maximum atomic E-state index is 5.14. The largest absolute Gasteiger partial charge is 0.256 e. The van der Waals surface area contributed by atoms with E-state index in [0.29, 0.717) is 5.82 Å². The first kappa shape index (κ1) is 28.9. The van der Waals surface area contributed by atoms with Crippen molar-refractivity contribution in [3.63, 3.8) is 0 Å². The fourth-order valence-corrected chi connectivity index (χ4v) is 5.84. The first-order valence-electron chi connectivity index (χ1n) is 15.8. The molecular weight excluding hydrogens is 587 g/mol. The van der Waals surface area contributed by atoms with Crippen molar-refractivity contribution in [2.75, 3.05) is 0 Å². The Morgan fingerprint density at radius 2 is 0.771 bits per heavy atom. The van der Waals surface area contributed by atoms with Gasteiger partial charge in [0.2, 0.25) is 0 Å². The fourth-order valence-electron chi connectivity index (χ4n) is 5.84. The molecule has 0 N–H and O–H groups in total. The molecule has 226 valence electrons. The first-order valence-corrected chi connectivity index (χ1v) is 15.8. The molecule has 0 bridgehead atoms. The van der Waals surface area contributed by atoms with Crippen LogP contribution in [0, 0.1) is 0 Å². The van der Waals surface area contributed by atoms with Gasteiger partial charge in [-0.1, -0.05) is 115 Å². The van der Waals surface area contributed by atoms with E-state index in [0.717, 1.165) is 72.8 Å². The van der Waals surface area contributed by atoms with Gasteiger partial charge in [0.1, 0.15) is 6.33 Å². The van der Waals surface area contributed by atoms with Gasteiger partial charge in [0.25, 0.3) is 0 Å². The summed E-state index contributed by atoms with van der Waals surface area (Å²) in [4.78, 5) is 23.3. The van der Waals surface area contributed by atoms with Gasteiger partial charge in [-0.2, -0.15) is 0 Å². The van der Waals surface area contributed by atoms with Crippen LogP contribution in [0.3, 0.4) is 0 Å². The van der Waals surface area contributed by atoms with Crippen LogP contribution >= 0.6 is 0 Å². The smallest absolute Gasteiger partial charge is 0.160 e. The summed E-state index contributed by atoms with van der Waals surface area (Å²) < 4.78 is 0. The van der Waals surface area contributed by atoms with E-state index < -0.39 is 0 Å². The molecule has 5 heteroatoms. The van der Waals surface area contributed by atoms with E-state index in [2.05, 4.69) is 112 Å². The number of benzene rings is 5. The van der Waals surface area contributed by atoms with E-state index in [4.69, 9.17) is 9.97 Å². The molecule has 48 heavy (non-hydrogen) atoms. The lowest BCUT2D eigenvalue weighted by Crippen LogP contribution is -1.97. The molecule has 0 radical (unpaired) electrons. The Morgan fingerprint density at radius 3 is 1.27 bits per heavy atom. The van der Waals surface area contributed by atoms with Gasteiger partial charge in [-0.3, -0.25) is 4.98 Å². The molecule has 0 aliphatic carbocycles. The highest BCUT2D eigenvalue weighted by Gasteiger charge is 2.14. The molecule has 0 aliphatic heterocycles. The van der Waals surface area contributed by atoms with Gasteiger partial charge < -0.3 is 0 Å². The quantitative estimate of drug-likeness (QED) is 0.178. The number of pyridine rings is 1. The minimum atomic E-state index is 0.668. The third-order valence-corrected chi connectivity index (χ3v) is 8.33. The topological polar surface area (TPSA) is 64.5 Å². The first-order chi connectivity index (χ1) is 23.8. The zero-order chi connectivity index (χ0) is 32.1. The van der Waals surface area contributed by atoms with Crippen LogP contribution in [0.1, 0.15) is 0 Å². The summed E-state index contributed by atoms with van der Waals surface area (Å²) in [6.07, 6.45) is 5.16. The van der Waals surface area contributed by atoms with Crippen molar-refractivity contribution in [1.29, 1.82) is 0 Å². The molecule has 8 aromatic rings. The van der Waals surface area contributed by atoms with E-state index in [-0.39, 0.29) is 0 Å². The van der Waals surface area contributed by atoms with E-state index >= 15 is 0 Å². The highest BCUT2D eigenvalue weighted by molar-refractivity contribution is 5.82. The lowest BCUT2D eigenvalue weighted by molar-refractivity contribution is 1.17. The Bertz CT molecular complexity index is 2130. The average Bonchev–Trinajstić information content (AvgIpc) is 3.19. The molecule has 0 aliphatic rings. The van der Waals surface area contributed by atoms with E-state index in [1.807, 2.05) is 66.9 Å². The molecule has 0 spiro atoms. The maximum Gasteiger partial charge on any atom is 0.160 e. The molecule has 0 atom stereocenters. The van der Waals surface area contributed by atoms with Crippen molar-refractivity contribution in [2.24, 2.45) is 0 Å². The summed E-state index contributed by atoms with van der Waals surface area (Å²) in [6, 6.07) is 54.2. The van der Waals surface area contributed by atoms with Crippen LogP contribution in [0.2, 0.25) is 0 Å². The van der Waals surface area contributed by atoms with Crippen molar-refractivity contribution in [1.82, 2.24) is 24.9 Å². The standard InChI is InChI=1S/C43H29N5/c1-3-9-32(10-4-1)41-28-42(33-11-5-2-6-12-33)48-43(47-41)38-26-36(30-14-18-34(19-15-30)39-13-7-8-23-45-39)25-37(27-38)31-16-20-35(21-17-31)40-22-24-44-29-46-40/h1-29H. The van der Waals surface area contributed by atoms with E-state index in [9.17, 15) is 0 Å². The van der Waals surface area contributed by atoms with Crippen LogP contribution in [0.15, 0.2) is 176 Å². The van der Waals surface area contributed by atoms with Gasteiger partial charge >= 0.3 is 0 Å². The molecular formula is C43H29N5. The molecule has 5 aromatic carbocycles. The van der Waals surface area contributed by atoms with Crippen molar-refractivity contribution < 1.29 is 0 Å². The zero-order valence-corrected chi connectivity index (χ0v) is 26.0. The van der Waals surface area contributed by atoms with Crippen LogP contribution in [0.5, 0.6) is 0 Å². The fraction of sp³-hybridized carbons (Fsp3) is 0. The Balaban J connectivity index is 1.28. The Morgan fingerprint density at radius 1 is 0.292 bits per heavy atom. The number of hydrogen-bond donors (Lipinski definition) is 0. The molecule has 3 aromatic heterocycles. The molecule has 5 nitrogen and oxygen atoms in total.